The van der Waals surface area contributed by atoms with E-state index in [1.54, 1.807) is 7.11 Å². The van der Waals surface area contributed by atoms with Crippen LogP contribution >= 0.6 is 0 Å². The van der Waals surface area contributed by atoms with E-state index in [4.69, 9.17) is 4.74 Å². The van der Waals surface area contributed by atoms with E-state index in [1.807, 2.05) is 25.3 Å². The Bertz CT molecular complexity index is 792. The number of rotatable bonds is 12. The second-order valence-corrected chi connectivity index (χ2v) is 9.41. The molecule has 0 bridgehead atoms. The van der Waals surface area contributed by atoms with Gasteiger partial charge in [0, 0.05) is 24.0 Å². The maximum atomic E-state index is 10.5. The molecule has 1 N–H and O–H groups in total. The number of hydrogen-bond donors (Lipinski definition) is 1. The van der Waals surface area contributed by atoms with Crippen molar-refractivity contribution >= 4 is 10.9 Å². The molecule has 31 heavy (non-hydrogen) atoms. The Hall–Kier alpha value is -1.65. The summed E-state index contributed by atoms with van der Waals surface area (Å²) in [5.41, 5.74) is 2.38. The zero-order chi connectivity index (χ0) is 22.1. The molecule has 1 saturated heterocycles. The van der Waals surface area contributed by atoms with Gasteiger partial charge in [0.15, 0.2) is 0 Å². The van der Waals surface area contributed by atoms with Crippen LogP contribution in [0.15, 0.2) is 30.5 Å². The molecule has 3 atom stereocenters. The Morgan fingerprint density at radius 3 is 2.77 bits per heavy atom. The topological polar surface area (TPSA) is 45.6 Å². The van der Waals surface area contributed by atoms with Crippen molar-refractivity contribution in [1.29, 1.82) is 0 Å². The molecule has 1 aromatic heterocycles. The number of piperidine rings is 1. The van der Waals surface area contributed by atoms with Crippen LogP contribution in [-0.2, 0) is 6.42 Å². The van der Waals surface area contributed by atoms with E-state index in [9.17, 15) is 5.11 Å². The first-order chi connectivity index (χ1) is 15.1. The highest BCUT2D eigenvalue weighted by Crippen LogP contribution is 2.32. The fourth-order valence-electron chi connectivity index (χ4n) is 5.23. The predicted molar refractivity (Wildman–Crippen MR) is 130 cm³/mol. The molecule has 0 radical (unpaired) electrons. The third-order valence-electron chi connectivity index (χ3n) is 7.15. The third kappa shape index (κ3) is 6.92. The minimum atomic E-state index is -0.223. The minimum absolute atomic E-state index is 0.223. The number of aliphatic hydroxyl groups excluding tert-OH is 1. The van der Waals surface area contributed by atoms with Gasteiger partial charge in [-0.3, -0.25) is 4.98 Å². The quantitative estimate of drug-likeness (QED) is 0.432. The molecule has 3 unspecified atom stereocenters. The Morgan fingerprint density at radius 2 is 2.00 bits per heavy atom. The number of hydrogen-bond acceptors (Lipinski definition) is 4. The fraction of sp³-hybridized carbons (Fsp3) is 0.667. The number of fused-ring (bicyclic) bond motifs is 1. The van der Waals surface area contributed by atoms with Crippen LogP contribution in [0, 0.1) is 11.8 Å². The molecular formula is C27H42N2O2. The molecule has 4 heteroatoms. The fourth-order valence-corrected chi connectivity index (χ4v) is 5.23. The second kappa shape index (κ2) is 12.4. The lowest BCUT2D eigenvalue weighted by atomic mass is 9.79. The normalized spacial score (nSPS) is 20.8. The Balaban J connectivity index is 1.51. The first kappa shape index (κ1) is 24.0. The average Bonchev–Trinajstić information content (AvgIpc) is 2.79. The first-order valence-electron chi connectivity index (χ1n) is 12.4. The summed E-state index contributed by atoms with van der Waals surface area (Å²) in [4.78, 5) is 7.11. The molecule has 1 aromatic carbocycles. The van der Waals surface area contributed by atoms with E-state index in [1.165, 1.54) is 69.0 Å². The number of benzene rings is 1. The molecule has 0 saturated carbocycles. The molecule has 2 heterocycles. The maximum Gasteiger partial charge on any atom is 0.119 e. The van der Waals surface area contributed by atoms with E-state index in [0.29, 0.717) is 11.8 Å². The van der Waals surface area contributed by atoms with Gasteiger partial charge in [0.25, 0.3) is 0 Å². The number of nitrogens with zero attached hydrogens (tertiary/aromatic N) is 2. The Kier molecular flexibility index (Phi) is 9.60. The highest BCUT2D eigenvalue weighted by atomic mass is 16.5. The first-order valence-corrected chi connectivity index (χ1v) is 12.4. The van der Waals surface area contributed by atoms with Crippen molar-refractivity contribution in [3.8, 4) is 5.75 Å². The van der Waals surface area contributed by atoms with Gasteiger partial charge in [0.1, 0.15) is 5.75 Å². The number of methoxy groups -OCH3 is 1. The van der Waals surface area contributed by atoms with Gasteiger partial charge in [-0.2, -0.15) is 0 Å². The van der Waals surface area contributed by atoms with Crippen LogP contribution in [0.5, 0.6) is 5.75 Å². The molecule has 1 fully saturated rings. The van der Waals surface area contributed by atoms with Crippen molar-refractivity contribution in [2.24, 2.45) is 11.8 Å². The summed E-state index contributed by atoms with van der Waals surface area (Å²) in [7, 11) is 1.71. The average molecular weight is 427 g/mol. The Morgan fingerprint density at radius 1 is 1.16 bits per heavy atom. The van der Waals surface area contributed by atoms with E-state index in [-0.39, 0.29) is 6.10 Å². The van der Waals surface area contributed by atoms with E-state index < -0.39 is 0 Å². The van der Waals surface area contributed by atoms with Crippen LogP contribution in [0.25, 0.3) is 10.9 Å². The molecule has 1 aliphatic heterocycles. The molecular weight excluding hydrogens is 384 g/mol. The minimum Gasteiger partial charge on any atom is -0.497 e. The molecule has 2 aromatic rings. The van der Waals surface area contributed by atoms with Crippen LogP contribution in [0.3, 0.4) is 0 Å². The third-order valence-corrected chi connectivity index (χ3v) is 7.15. The lowest BCUT2D eigenvalue weighted by Crippen LogP contribution is -2.45. The van der Waals surface area contributed by atoms with Gasteiger partial charge in [-0.05, 0) is 87.9 Å². The summed E-state index contributed by atoms with van der Waals surface area (Å²) in [6, 6.07) is 8.27. The van der Waals surface area contributed by atoms with Crippen molar-refractivity contribution in [2.45, 2.75) is 77.7 Å². The van der Waals surface area contributed by atoms with E-state index in [0.717, 1.165) is 30.7 Å². The number of unbranched alkanes of at least 4 members (excludes halogenated alkanes) is 4. The number of aromatic nitrogens is 1. The highest BCUT2D eigenvalue weighted by Gasteiger charge is 2.31. The molecule has 0 spiro atoms. The Labute approximate surface area is 189 Å². The van der Waals surface area contributed by atoms with Crippen molar-refractivity contribution in [2.75, 3.05) is 26.7 Å². The molecule has 172 valence electrons. The second-order valence-electron chi connectivity index (χ2n) is 9.41. The standard InChI is InChI=1S/C27H42N2O2/c1-4-5-6-7-8-17-29-18-15-23(26(20-29)21(2)30)11-9-10-22-14-16-28-27-13-12-24(31-3)19-25(22)27/h12-14,16,19,21,23,26,30H,4-11,15,17-18,20H2,1-3H3. The number of likely N-dealkylation sites (tertiary alicyclic amines) is 1. The van der Waals surface area contributed by atoms with Crippen LogP contribution in [0.4, 0.5) is 0 Å². The van der Waals surface area contributed by atoms with Crippen LogP contribution < -0.4 is 4.74 Å². The van der Waals surface area contributed by atoms with Crippen molar-refractivity contribution in [3.63, 3.8) is 0 Å². The summed E-state index contributed by atoms with van der Waals surface area (Å²) < 4.78 is 5.41. The molecule has 1 aliphatic rings. The van der Waals surface area contributed by atoms with Gasteiger partial charge < -0.3 is 14.7 Å². The smallest absolute Gasteiger partial charge is 0.119 e. The highest BCUT2D eigenvalue weighted by molar-refractivity contribution is 5.83. The number of aryl methyl sites for hydroxylation is 1. The number of aliphatic hydroxyl groups is 1. The molecule has 4 nitrogen and oxygen atoms in total. The zero-order valence-electron chi connectivity index (χ0n) is 19.9. The van der Waals surface area contributed by atoms with Gasteiger partial charge in [0.05, 0.1) is 18.7 Å². The van der Waals surface area contributed by atoms with Gasteiger partial charge in [-0.1, -0.05) is 32.6 Å². The van der Waals surface area contributed by atoms with Crippen molar-refractivity contribution in [3.05, 3.63) is 36.0 Å². The maximum absolute atomic E-state index is 10.5. The van der Waals surface area contributed by atoms with Crippen molar-refractivity contribution < 1.29 is 9.84 Å². The summed E-state index contributed by atoms with van der Waals surface area (Å²) >= 11 is 0. The predicted octanol–water partition coefficient (Wildman–Crippen LogP) is 5.86. The van der Waals surface area contributed by atoms with Gasteiger partial charge >= 0.3 is 0 Å². The summed E-state index contributed by atoms with van der Waals surface area (Å²) in [6.45, 7) is 7.71. The van der Waals surface area contributed by atoms with Gasteiger partial charge in [0.2, 0.25) is 0 Å². The van der Waals surface area contributed by atoms with Crippen LogP contribution in [0.1, 0.15) is 70.8 Å². The van der Waals surface area contributed by atoms with Gasteiger partial charge in [-0.25, -0.2) is 0 Å². The van der Waals surface area contributed by atoms with Crippen molar-refractivity contribution in [1.82, 2.24) is 9.88 Å². The van der Waals surface area contributed by atoms with Gasteiger partial charge in [-0.15, -0.1) is 0 Å². The monoisotopic (exact) mass is 426 g/mol. The van der Waals surface area contributed by atoms with E-state index in [2.05, 4.69) is 28.9 Å². The summed E-state index contributed by atoms with van der Waals surface area (Å²) in [5.74, 6) is 1.91. The SMILES string of the molecule is CCCCCCCN1CCC(CCCc2ccnc3ccc(OC)cc23)C(C(C)O)C1. The largest absolute Gasteiger partial charge is 0.497 e. The molecule has 0 amide bonds. The molecule has 0 aliphatic carbocycles. The number of pyridine rings is 1. The lowest BCUT2D eigenvalue weighted by molar-refractivity contribution is 0.0189. The van der Waals surface area contributed by atoms with E-state index >= 15 is 0 Å². The van der Waals surface area contributed by atoms with Crippen LogP contribution in [0.2, 0.25) is 0 Å². The summed E-state index contributed by atoms with van der Waals surface area (Å²) in [5, 5.41) is 11.7. The van der Waals surface area contributed by atoms with Crippen LogP contribution in [-0.4, -0.2) is 47.8 Å². The lowest BCUT2D eigenvalue weighted by Gasteiger charge is -2.40. The zero-order valence-corrected chi connectivity index (χ0v) is 19.9. The number of ether oxygens (including phenoxy) is 1. The summed E-state index contributed by atoms with van der Waals surface area (Å²) in [6.07, 6.45) is 13.0. The molecule has 3 rings (SSSR count).